The van der Waals surface area contributed by atoms with Gasteiger partial charge in [0.05, 0.1) is 24.8 Å². The maximum Gasteiger partial charge on any atom is 0.416 e. The Balaban J connectivity index is 1.43. The van der Waals surface area contributed by atoms with Crippen LogP contribution in [0.3, 0.4) is 0 Å². The van der Waals surface area contributed by atoms with Crippen LogP contribution >= 0.6 is 0 Å². The number of urea groups is 1. The van der Waals surface area contributed by atoms with Gasteiger partial charge in [-0.1, -0.05) is 12.1 Å². The van der Waals surface area contributed by atoms with Crippen LogP contribution in [0.1, 0.15) is 29.9 Å². The quantitative estimate of drug-likeness (QED) is 0.627. The number of alkyl halides is 3. The van der Waals surface area contributed by atoms with Gasteiger partial charge in [0.2, 0.25) is 0 Å². The van der Waals surface area contributed by atoms with Gasteiger partial charge < -0.3 is 20.3 Å². The Morgan fingerprint density at radius 3 is 2.72 bits per heavy atom. The highest BCUT2D eigenvalue weighted by molar-refractivity contribution is 5.74. The molecule has 0 spiro atoms. The van der Waals surface area contributed by atoms with Crippen molar-refractivity contribution >= 4 is 17.4 Å². The highest BCUT2D eigenvalue weighted by Gasteiger charge is 2.34. The van der Waals surface area contributed by atoms with Gasteiger partial charge in [0.15, 0.2) is 11.5 Å². The summed E-state index contributed by atoms with van der Waals surface area (Å²) >= 11 is 0. The molecule has 32 heavy (non-hydrogen) atoms. The van der Waals surface area contributed by atoms with E-state index in [-0.39, 0.29) is 12.1 Å². The second kappa shape index (κ2) is 9.03. The van der Waals surface area contributed by atoms with Crippen LogP contribution in [0.15, 0.2) is 42.6 Å². The molecule has 1 aliphatic heterocycles. The van der Waals surface area contributed by atoms with Crippen LogP contribution in [0.5, 0.6) is 0 Å². The summed E-state index contributed by atoms with van der Waals surface area (Å²) in [6.45, 7) is 3.48. The Morgan fingerprint density at radius 1 is 1.19 bits per heavy atom. The lowest BCUT2D eigenvalue weighted by atomic mass is 10.1. The summed E-state index contributed by atoms with van der Waals surface area (Å²) in [5.74, 6) is 0.515. The van der Waals surface area contributed by atoms with E-state index in [0.29, 0.717) is 43.5 Å². The molecule has 1 atom stereocenters. The van der Waals surface area contributed by atoms with E-state index in [1.54, 1.807) is 29.7 Å². The van der Waals surface area contributed by atoms with E-state index in [2.05, 4.69) is 20.8 Å². The maximum absolute atomic E-state index is 13.7. The van der Waals surface area contributed by atoms with Crippen LogP contribution in [0, 0.1) is 0 Å². The number of anilines is 1. The fourth-order valence-corrected chi connectivity index (χ4v) is 3.64. The van der Waals surface area contributed by atoms with Gasteiger partial charge in [-0.15, -0.1) is 10.2 Å². The Morgan fingerprint density at radius 2 is 1.97 bits per heavy atom. The molecule has 2 N–H and O–H groups in total. The predicted molar refractivity (Wildman–Crippen MR) is 111 cm³/mol. The smallest absolute Gasteiger partial charge is 0.378 e. The molecule has 0 radical (unpaired) electrons. The molecule has 170 valence electrons. The van der Waals surface area contributed by atoms with Gasteiger partial charge in [-0.3, -0.25) is 4.40 Å². The molecule has 2 aromatic heterocycles. The second-order valence-electron chi connectivity index (χ2n) is 7.47. The highest BCUT2D eigenvalue weighted by Crippen LogP contribution is 2.35. The van der Waals surface area contributed by atoms with Gasteiger partial charge in [-0.25, -0.2) is 4.79 Å². The first kappa shape index (κ1) is 21.9. The number of ether oxygens (including phenoxy) is 1. The van der Waals surface area contributed by atoms with Crippen LogP contribution in [-0.4, -0.2) is 46.9 Å². The number of carbonyl (C=O) groups is 1. The summed E-state index contributed by atoms with van der Waals surface area (Å²) in [7, 11) is 0. The standard InChI is InChI=1S/C21H23F3N6O2/c1-14(19-28-27-18-4-2-3-7-30(18)19)26-20(31)25-13-15-5-6-16(12-17(15)21(22,23)24)29-8-10-32-11-9-29/h2-7,12,14H,8-11,13H2,1H3,(H2,25,26,31). The fraction of sp³-hybridized carbons (Fsp3) is 0.381. The molecule has 4 rings (SSSR count). The summed E-state index contributed by atoms with van der Waals surface area (Å²) in [6.07, 6.45) is -2.77. The van der Waals surface area contributed by atoms with E-state index in [0.717, 1.165) is 6.07 Å². The molecular weight excluding hydrogens is 425 g/mol. The third kappa shape index (κ3) is 4.77. The number of pyridine rings is 1. The van der Waals surface area contributed by atoms with Crippen LogP contribution in [0.2, 0.25) is 0 Å². The van der Waals surface area contributed by atoms with Crippen molar-refractivity contribution in [2.24, 2.45) is 0 Å². The van der Waals surface area contributed by atoms with Crippen molar-refractivity contribution in [3.05, 3.63) is 59.5 Å². The molecule has 3 heterocycles. The van der Waals surface area contributed by atoms with Crippen LogP contribution in [-0.2, 0) is 17.5 Å². The lowest BCUT2D eigenvalue weighted by Gasteiger charge is -2.29. The van der Waals surface area contributed by atoms with Gasteiger partial charge >= 0.3 is 12.2 Å². The topological polar surface area (TPSA) is 83.8 Å². The van der Waals surface area contributed by atoms with E-state index in [1.807, 2.05) is 17.0 Å². The predicted octanol–water partition coefficient (Wildman–Crippen LogP) is 3.15. The first-order chi connectivity index (χ1) is 15.3. The molecule has 1 unspecified atom stereocenters. The average Bonchev–Trinajstić information content (AvgIpc) is 3.22. The lowest BCUT2D eigenvalue weighted by Crippen LogP contribution is -2.38. The van der Waals surface area contributed by atoms with Crippen LogP contribution < -0.4 is 15.5 Å². The molecular formula is C21H23F3N6O2. The van der Waals surface area contributed by atoms with E-state index in [1.165, 1.54) is 6.07 Å². The second-order valence-corrected chi connectivity index (χ2v) is 7.47. The molecule has 3 aromatic rings. The van der Waals surface area contributed by atoms with E-state index >= 15 is 0 Å². The highest BCUT2D eigenvalue weighted by atomic mass is 19.4. The van der Waals surface area contributed by atoms with Gasteiger partial charge in [0, 0.05) is 31.5 Å². The van der Waals surface area contributed by atoms with Gasteiger partial charge in [-0.05, 0) is 36.8 Å². The van der Waals surface area contributed by atoms with Crippen molar-refractivity contribution in [2.75, 3.05) is 31.2 Å². The molecule has 2 amide bonds. The molecule has 1 aliphatic rings. The normalized spacial score (nSPS) is 15.6. The third-order valence-electron chi connectivity index (χ3n) is 5.29. The number of carbonyl (C=O) groups excluding carboxylic acids is 1. The summed E-state index contributed by atoms with van der Waals surface area (Å²) in [6, 6.07) is 8.48. The number of aromatic nitrogens is 3. The van der Waals surface area contributed by atoms with E-state index in [9.17, 15) is 18.0 Å². The Hall–Kier alpha value is -3.34. The number of nitrogens with zero attached hydrogens (tertiary/aromatic N) is 4. The number of halogens is 3. The molecule has 0 saturated carbocycles. The summed E-state index contributed by atoms with van der Waals surface area (Å²) in [5.41, 5.74) is 0.344. The lowest BCUT2D eigenvalue weighted by molar-refractivity contribution is -0.138. The van der Waals surface area contributed by atoms with Crippen molar-refractivity contribution < 1.29 is 22.7 Å². The number of fused-ring (bicyclic) bond motifs is 1. The number of hydrogen-bond donors (Lipinski definition) is 2. The zero-order chi connectivity index (χ0) is 22.7. The molecule has 1 saturated heterocycles. The molecule has 0 bridgehead atoms. The Kier molecular flexibility index (Phi) is 6.17. The molecule has 1 aromatic carbocycles. The number of amides is 2. The molecule has 8 nitrogen and oxygen atoms in total. The third-order valence-corrected chi connectivity index (χ3v) is 5.29. The average molecular weight is 448 g/mol. The Bertz CT molecular complexity index is 1090. The van der Waals surface area contributed by atoms with Crippen molar-refractivity contribution in [2.45, 2.75) is 25.7 Å². The van der Waals surface area contributed by atoms with Gasteiger partial charge in [0.1, 0.15) is 0 Å². The zero-order valence-electron chi connectivity index (χ0n) is 17.4. The van der Waals surface area contributed by atoms with Crippen LogP contribution in [0.25, 0.3) is 5.65 Å². The van der Waals surface area contributed by atoms with E-state index in [4.69, 9.17) is 4.74 Å². The fourth-order valence-electron chi connectivity index (χ4n) is 3.64. The first-order valence-corrected chi connectivity index (χ1v) is 10.2. The first-order valence-electron chi connectivity index (χ1n) is 10.2. The summed E-state index contributed by atoms with van der Waals surface area (Å²) in [4.78, 5) is 14.2. The van der Waals surface area contributed by atoms with Crippen molar-refractivity contribution in [1.29, 1.82) is 0 Å². The number of nitrogens with one attached hydrogen (secondary N) is 2. The summed E-state index contributed by atoms with van der Waals surface area (Å²) < 4.78 is 48.0. The van der Waals surface area contributed by atoms with Crippen molar-refractivity contribution in [3.8, 4) is 0 Å². The SMILES string of the molecule is CC(NC(=O)NCc1ccc(N2CCOCC2)cc1C(F)(F)F)c1nnc2ccccn12. The van der Waals surface area contributed by atoms with Crippen molar-refractivity contribution in [1.82, 2.24) is 25.2 Å². The van der Waals surface area contributed by atoms with Crippen molar-refractivity contribution in [3.63, 3.8) is 0 Å². The molecule has 0 aliphatic carbocycles. The molecule has 11 heteroatoms. The number of hydrogen-bond acceptors (Lipinski definition) is 5. The maximum atomic E-state index is 13.7. The monoisotopic (exact) mass is 448 g/mol. The molecule has 1 fully saturated rings. The number of morpholine rings is 1. The van der Waals surface area contributed by atoms with Gasteiger partial charge in [-0.2, -0.15) is 13.2 Å². The largest absolute Gasteiger partial charge is 0.416 e. The van der Waals surface area contributed by atoms with Crippen LogP contribution in [0.4, 0.5) is 23.7 Å². The minimum atomic E-state index is -4.54. The number of rotatable bonds is 5. The minimum absolute atomic E-state index is 0.00904. The Labute approximate surface area is 182 Å². The minimum Gasteiger partial charge on any atom is -0.378 e. The summed E-state index contributed by atoms with van der Waals surface area (Å²) in [5, 5.41) is 13.3. The zero-order valence-corrected chi connectivity index (χ0v) is 17.4. The number of benzene rings is 1. The van der Waals surface area contributed by atoms with E-state index < -0.39 is 23.8 Å². The van der Waals surface area contributed by atoms with Gasteiger partial charge in [0.25, 0.3) is 0 Å².